The van der Waals surface area contributed by atoms with Gasteiger partial charge in [0.1, 0.15) is 5.75 Å². The second-order valence-electron chi connectivity index (χ2n) is 6.41. The molecule has 7 nitrogen and oxygen atoms in total. The molecular weight excluding hydrogens is 330 g/mol. The minimum absolute atomic E-state index is 0.112. The van der Waals surface area contributed by atoms with E-state index in [1.807, 2.05) is 31.3 Å². The molecular formula is C19H31N5O2. The normalized spacial score (nSPS) is 17.6. The highest BCUT2D eigenvalue weighted by molar-refractivity contribution is 5.80. The van der Waals surface area contributed by atoms with Crippen LogP contribution in [-0.4, -0.2) is 67.5 Å². The van der Waals surface area contributed by atoms with E-state index >= 15 is 0 Å². The van der Waals surface area contributed by atoms with Gasteiger partial charge in [-0.05, 0) is 37.2 Å². The molecule has 1 aliphatic rings. The number of aliphatic imine (C=N–C) groups is 1. The predicted octanol–water partition coefficient (Wildman–Crippen LogP) is 1.04. The first kappa shape index (κ1) is 20.0. The monoisotopic (exact) mass is 361 g/mol. The Kier molecular flexibility index (Phi) is 7.72. The Hall–Kier alpha value is -2.28. The van der Waals surface area contributed by atoms with Gasteiger partial charge in [0.05, 0.1) is 0 Å². The minimum Gasteiger partial charge on any atom is -0.484 e. The molecule has 0 aliphatic carbocycles. The number of guanidine groups is 1. The SMILES string of the molecule is CCN(CC)C1CCN(C(=NC)NCc2cccc(OCC(N)=O)c2)C1. The Morgan fingerprint density at radius 3 is 2.85 bits per heavy atom. The number of nitrogens with two attached hydrogens (primary N) is 1. The highest BCUT2D eigenvalue weighted by Crippen LogP contribution is 2.16. The number of nitrogens with one attached hydrogen (secondary N) is 1. The summed E-state index contributed by atoms with van der Waals surface area (Å²) in [5, 5.41) is 3.43. The van der Waals surface area contributed by atoms with Crippen molar-refractivity contribution in [3.63, 3.8) is 0 Å². The van der Waals surface area contributed by atoms with Crippen LogP contribution in [0, 0.1) is 0 Å². The third-order valence-corrected chi connectivity index (χ3v) is 4.73. The lowest BCUT2D eigenvalue weighted by Crippen LogP contribution is -2.43. The van der Waals surface area contributed by atoms with Gasteiger partial charge in [-0.1, -0.05) is 26.0 Å². The van der Waals surface area contributed by atoms with Crippen LogP contribution in [-0.2, 0) is 11.3 Å². The van der Waals surface area contributed by atoms with Crippen molar-refractivity contribution in [2.75, 3.05) is 39.8 Å². The number of rotatable bonds is 8. The maximum atomic E-state index is 10.8. The summed E-state index contributed by atoms with van der Waals surface area (Å²) in [4.78, 5) is 20.1. The molecule has 1 aromatic rings. The van der Waals surface area contributed by atoms with E-state index in [4.69, 9.17) is 10.5 Å². The number of amides is 1. The Labute approximate surface area is 156 Å². The summed E-state index contributed by atoms with van der Waals surface area (Å²) in [5.74, 6) is 1.08. The number of nitrogens with zero attached hydrogens (tertiary/aromatic N) is 3. The highest BCUT2D eigenvalue weighted by atomic mass is 16.5. The van der Waals surface area contributed by atoms with E-state index in [0.29, 0.717) is 18.3 Å². The number of ether oxygens (including phenoxy) is 1. The smallest absolute Gasteiger partial charge is 0.255 e. The Morgan fingerprint density at radius 2 is 2.19 bits per heavy atom. The van der Waals surface area contributed by atoms with Gasteiger partial charge in [-0.25, -0.2) is 0 Å². The Balaban J connectivity index is 1.89. The number of carbonyl (C=O) groups excluding carboxylic acids is 1. The van der Waals surface area contributed by atoms with Crippen molar-refractivity contribution in [2.45, 2.75) is 32.9 Å². The summed E-state index contributed by atoms with van der Waals surface area (Å²) in [6, 6.07) is 8.24. The first-order valence-corrected chi connectivity index (χ1v) is 9.27. The maximum absolute atomic E-state index is 10.8. The molecule has 144 valence electrons. The number of hydrogen-bond donors (Lipinski definition) is 2. The molecule has 3 N–H and O–H groups in total. The largest absolute Gasteiger partial charge is 0.484 e. The third kappa shape index (κ3) is 5.62. The van der Waals surface area contributed by atoms with Crippen LogP contribution in [0.5, 0.6) is 5.75 Å². The predicted molar refractivity (Wildman–Crippen MR) is 104 cm³/mol. The quantitative estimate of drug-likeness (QED) is 0.534. The van der Waals surface area contributed by atoms with Crippen LogP contribution in [0.2, 0.25) is 0 Å². The van der Waals surface area contributed by atoms with E-state index in [0.717, 1.165) is 37.7 Å². The van der Waals surface area contributed by atoms with Crippen molar-refractivity contribution >= 4 is 11.9 Å². The number of hydrogen-bond acceptors (Lipinski definition) is 4. The number of carbonyl (C=O) groups is 1. The van der Waals surface area contributed by atoms with Crippen LogP contribution < -0.4 is 15.8 Å². The lowest BCUT2D eigenvalue weighted by Gasteiger charge is -2.27. The molecule has 1 fully saturated rings. The standard InChI is InChI=1S/C19H31N5O2/c1-4-23(5-2)16-9-10-24(13-16)19(21-3)22-12-15-7-6-8-17(11-15)26-14-18(20)25/h6-8,11,16H,4-5,9-10,12-14H2,1-3H3,(H2,20,25)(H,21,22). The molecule has 1 unspecified atom stereocenters. The average molecular weight is 361 g/mol. The van der Waals surface area contributed by atoms with Crippen LogP contribution in [0.3, 0.4) is 0 Å². The van der Waals surface area contributed by atoms with Crippen molar-refractivity contribution in [2.24, 2.45) is 10.7 Å². The second kappa shape index (κ2) is 10.0. The van der Waals surface area contributed by atoms with E-state index in [1.54, 1.807) is 0 Å². The summed E-state index contributed by atoms with van der Waals surface area (Å²) in [7, 11) is 1.82. The molecule has 0 bridgehead atoms. The van der Waals surface area contributed by atoms with Crippen LogP contribution in [0.4, 0.5) is 0 Å². The molecule has 1 aromatic carbocycles. The zero-order valence-corrected chi connectivity index (χ0v) is 16.1. The van der Waals surface area contributed by atoms with Gasteiger partial charge in [-0.15, -0.1) is 0 Å². The highest BCUT2D eigenvalue weighted by Gasteiger charge is 2.27. The van der Waals surface area contributed by atoms with Gasteiger partial charge in [-0.3, -0.25) is 14.7 Å². The van der Waals surface area contributed by atoms with Gasteiger partial charge in [-0.2, -0.15) is 0 Å². The molecule has 1 atom stereocenters. The first-order valence-electron chi connectivity index (χ1n) is 9.27. The number of primary amides is 1. The van der Waals surface area contributed by atoms with Gasteiger partial charge >= 0.3 is 0 Å². The second-order valence-corrected chi connectivity index (χ2v) is 6.41. The average Bonchev–Trinajstić information content (AvgIpc) is 3.12. The summed E-state index contributed by atoms with van der Waals surface area (Å²) in [6.07, 6.45) is 1.17. The molecule has 0 spiro atoms. The van der Waals surface area contributed by atoms with Crippen molar-refractivity contribution in [3.8, 4) is 5.75 Å². The zero-order valence-electron chi connectivity index (χ0n) is 16.1. The van der Waals surface area contributed by atoms with E-state index in [-0.39, 0.29) is 6.61 Å². The molecule has 26 heavy (non-hydrogen) atoms. The van der Waals surface area contributed by atoms with Crippen LogP contribution >= 0.6 is 0 Å². The molecule has 2 rings (SSSR count). The zero-order chi connectivity index (χ0) is 18.9. The van der Waals surface area contributed by atoms with Crippen molar-refractivity contribution in [1.29, 1.82) is 0 Å². The number of benzene rings is 1. The summed E-state index contributed by atoms with van der Waals surface area (Å²) in [5.41, 5.74) is 6.18. The van der Waals surface area contributed by atoms with E-state index < -0.39 is 5.91 Å². The van der Waals surface area contributed by atoms with Gasteiger partial charge in [0.25, 0.3) is 5.91 Å². The van der Waals surface area contributed by atoms with Crippen molar-refractivity contribution < 1.29 is 9.53 Å². The van der Waals surface area contributed by atoms with Gasteiger partial charge < -0.3 is 20.7 Å². The molecule has 0 radical (unpaired) electrons. The fourth-order valence-electron chi connectivity index (χ4n) is 3.39. The van der Waals surface area contributed by atoms with Gasteiger partial charge in [0.2, 0.25) is 0 Å². The number of likely N-dealkylation sites (tertiary alicyclic amines) is 1. The molecule has 0 aromatic heterocycles. The summed E-state index contributed by atoms with van der Waals surface area (Å²) in [6.45, 7) is 9.15. The first-order chi connectivity index (χ1) is 12.6. The van der Waals surface area contributed by atoms with Crippen LogP contribution in [0.25, 0.3) is 0 Å². The van der Waals surface area contributed by atoms with Crippen LogP contribution in [0.1, 0.15) is 25.8 Å². The third-order valence-electron chi connectivity index (χ3n) is 4.73. The molecule has 0 saturated carbocycles. The van der Waals surface area contributed by atoms with E-state index in [1.165, 1.54) is 6.42 Å². The van der Waals surface area contributed by atoms with Gasteiger partial charge in [0, 0.05) is 32.7 Å². The minimum atomic E-state index is -0.481. The Bertz CT molecular complexity index is 616. The lowest BCUT2D eigenvalue weighted by molar-refractivity contribution is -0.119. The fourth-order valence-corrected chi connectivity index (χ4v) is 3.39. The summed E-state index contributed by atoms with van der Waals surface area (Å²) >= 11 is 0. The van der Waals surface area contributed by atoms with E-state index in [9.17, 15) is 4.79 Å². The molecule has 1 amide bonds. The topological polar surface area (TPSA) is 83.2 Å². The lowest BCUT2D eigenvalue weighted by atomic mass is 10.2. The van der Waals surface area contributed by atoms with Gasteiger partial charge in [0.15, 0.2) is 12.6 Å². The van der Waals surface area contributed by atoms with Crippen molar-refractivity contribution in [3.05, 3.63) is 29.8 Å². The van der Waals surface area contributed by atoms with E-state index in [2.05, 4.69) is 34.0 Å². The number of likely N-dealkylation sites (N-methyl/N-ethyl adjacent to an activating group) is 1. The molecule has 1 aliphatic heterocycles. The van der Waals surface area contributed by atoms with Crippen molar-refractivity contribution in [1.82, 2.24) is 15.1 Å². The summed E-state index contributed by atoms with van der Waals surface area (Å²) < 4.78 is 5.36. The maximum Gasteiger partial charge on any atom is 0.255 e. The fraction of sp³-hybridized carbons (Fsp3) is 0.579. The molecule has 1 saturated heterocycles. The molecule has 1 heterocycles. The molecule has 7 heteroatoms. The Morgan fingerprint density at radius 1 is 1.42 bits per heavy atom. The van der Waals surface area contributed by atoms with Crippen LogP contribution in [0.15, 0.2) is 29.3 Å².